The van der Waals surface area contributed by atoms with Gasteiger partial charge in [-0.3, -0.25) is 24.1 Å². The molecule has 0 unspecified atom stereocenters. The molecule has 3 N–H and O–H groups in total. The number of anilines is 2. The number of alkyl halides is 3. The summed E-state index contributed by atoms with van der Waals surface area (Å²) in [7, 11) is 0. The molecule has 0 aliphatic carbocycles. The lowest BCUT2D eigenvalue weighted by Crippen LogP contribution is -2.58. The molecule has 0 radical (unpaired) electrons. The Morgan fingerprint density at radius 3 is 2.06 bits per heavy atom. The number of thiocarbonyl (C=S) groups is 1. The summed E-state index contributed by atoms with van der Waals surface area (Å²) < 4.78 is 74.7. The number of halogens is 3. The molecule has 1 aromatic heterocycles. The number of likely N-dealkylation sites (tertiary alicyclic amines) is 1. The SMILES string of the molecule is Cc1ncsc1-c1ccc(CNC(=O)[C@@H]2C[C@@H](O)CN2C(=O)[C@@H](NC(=O)COCCOCCOCCCOCCOCCOc2ccc(N3C(=S)N(c4ccc(C#N)c(C(F)(F)F)c4)C(=O)C3(C)C)cc2)C(C)(C)C)cc1. The molecule has 2 saturated heterocycles. The highest BCUT2D eigenvalue weighted by Gasteiger charge is 2.51. The first kappa shape index (κ1) is 60.1. The minimum atomic E-state index is -4.80. The maximum absolute atomic E-state index is 13.9. The summed E-state index contributed by atoms with van der Waals surface area (Å²) >= 11 is 7.17. The third-order valence-corrected chi connectivity index (χ3v) is 13.9. The summed E-state index contributed by atoms with van der Waals surface area (Å²) in [5.74, 6) is -1.36. The molecule has 3 atom stereocenters. The maximum atomic E-state index is 13.9. The molecule has 2 aliphatic heterocycles. The highest BCUT2D eigenvalue weighted by atomic mass is 32.1. The van der Waals surface area contributed by atoms with E-state index < -0.39 is 64.2 Å². The molecule has 4 amide bonds. The van der Waals surface area contributed by atoms with Crippen LogP contribution in [-0.2, 0) is 55.6 Å². The van der Waals surface area contributed by atoms with Crippen molar-refractivity contribution in [3.63, 3.8) is 0 Å². The van der Waals surface area contributed by atoms with E-state index in [1.807, 2.05) is 52.0 Å². The predicted molar refractivity (Wildman–Crippen MR) is 285 cm³/mol. The molecular formula is C54H66F3N7O11S2. The van der Waals surface area contributed by atoms with Crippen molar-refractivity contribution in [3.05, 3.63) is 94.6 Å². The standard InChI is InChI=1S/C54H66F3N7O11S2/c1-35-46(77-34-60-35)37-10-8-36(9-11-37)31-59-48(67)44-29-41(65)32-62(44)49(68)47(52(2,3)4)61-45(66)33-74-25-24-72-22-20-70-18-7-19-71-21-23-73-26-27-75-42-16-14-39(15-17-42)64-51(76)63(50(69)53(64,5)6)40-13-12-38(30-58)43(28-40)54(55,56)57/h8-17,28,34,41,44,47,65H,7,18-27,29,31-33H2,1-6H3,(H,59,67)(H,61,66)/t41-,44+,47-/m1/s1. The minimum Gasteiger partial charge on any atom is -0.491 e. The van der Waals surface area contributed by atoms with Gasteiger partial charge in [-0.2, -0.15) is 18.4 Å². The van der Waals surface area contributed by atoms with Gasteiger partial charge in [-0.1, -0.05) is 45.0 Å². The van der Waals surface area contributed by atoms with Crippen LogP contribution in [0.5, 0.6) is 5.75 Å². The van der Waals surface area contributed by atoms with Crippen LogP contribution in [-0.4, -0.2) is 147 Å². The van der Waals surface area contributed by atoms with Crippen LogP contribution in [0, 0.1) is 23.7 Å². The number of carbonyl (C=O) groups is 4. The number of thiazole rings is 1. The van der Waals surface area contributed by atoms with Gasteiger partial charge in [0.15, 0.2) is 5.11 Å². The predicted octanol–water partition coefficient (Wildman–Crippen LogP) is 6.59. The Morgan fingerprint density at radius 1 is 0.883 bits per heavy atom. The number of nitriles is 1. The fraction of sp³-hybridized carbons (Fsp3) is 0.500. The summed E-state index contributed by atoms with van der Waals surface area (Å²) in [6.45, 7) is 13.7. The Kier molecular flexibility index (Phi) is 21.5. The van der Waals surface area contributed by atoms with E-state index in [9.17, 15) is 42.7 Å². The monoisotopic (exact) mass is 1110 g/mol. The molecule has 3 aromatic carbocycles. The van der Waals surface area contributed by atoms with Crippen LogP contribution in [0.15, 0.2) is 72.2 Å². The third kappa shape index (κ3) is 16.2. The normalized spacial score (nSPS) is 16.9. The number of hydrogen-bond donors (Lipinski definition) is 3. The molecule has 0 saturated carbocycles. The summed E-state index contributed by atoms with van der Waals surface area (Å²) in [4.78, 5) is 63.1. The van der Waals surface area contributed by atoms with E-state index >= 15 is 0 Å². The Balaban J connectivity index is 0.774. The van der Waals surface area contributed by atoms with Gasteiger partial charge >= 0.3 is 6.18 Å². The van der Waals surface area contributed by atoms with Crippen molar-refractivity contribution < 1.29 is 65.9 Å². The average molecular weight is 1110 g/mol. The molecule has 2 fully saturated rings. The van der Waals surface area contributed by atoms with Gasteiger partial charge in [0.25, 0.3) is 5.91 Å². The Bertz CT molecular complexity index is 2700. The molecule has 77 heavy (non-hydrogen) atoms. The van der Waals surface area contributed by atoms with Gasteiger partial charge in [-0.25, -0.2) is 4.98 Å². The fourth-order valence-electron chi connectivity index (χ4n) is 8.54. The van der Waals surface area contributed by atoms with E-state index in [1.165, 1.54) is 11.0 Å². The van der Waals surface area contributed by atoms with Crippen molar-refractivity contribution in [2.75, 3.05) is 89.0 Å². The number of ether oxygens (including phenoxy) is 6. The van der Waals surface area contributed by atoms with Crippen molar-refractivity contribution >= 4 is 63.7 Å². The van der Waals surface area contributed by atoms with Crippen molar-refractivity contribution in [1.82, 2.24) is 20.5 Å². The van der Waals surface area contributed by atoms with Gasteiger partial charge in [0, 0.05) is 38.4 Å². The molecule has 4 aromatic rings. The molecule has 416 valence electrons. The zero-order chi connectivity index (χ0) is 55.9. The first-order chi connectivity index (χ1) is 36.6. The van der Waals surface area contributed by atoms with Gasteiger partial charge in [0.1, 0.15) is 36.6 Å². The summed E-state index contributed by atoms with van der Waals surface area (Å²) in [6.07, 6.45) is -4.95. The molecule has 3 heterocycles. The second kappa shape index (κ2) is 27.5. The zero-order valence-corrected chi connectivity index (χ0v) is 45.6. The molecule has 23 heteroatoms. The molecule has 18 nitrogen and oxygen atoms in total. The quantitative estimate of drug-likeness (QED) is 0.0425. The van der Waals surface area contributed by atoms with Crippen LogP contribution in [0.3, 0.4) is 0 Å². The highest BCUT2D eigenvalue weighted by molar-refractivity contribution is 7.81. The van der Waals surface area contributed by atoms with Gasteiger partial charge < -0.3 is 54.0 Å². The number of benzene rings is 3. The number of aliphatic hydroxyl groups excluding tert-OH is 1. The Labute approximate surface area is 455 Å². The second-order valence-electron chi connectivity index (χ2n) is 19.8. The average Bonchev–Trinajstić information content (AvgIpc) is 4.06. The van der Waals surface area contributed by atoms with Crippen LogP contribution in [0.1, 0.15) is 69.8 Å². The summed E-state index contributed by atoms with van der Waals surface area (Å²) in [5, 5.41) is 25.4. The number of aliphatic hydroxyl groups is 1. The van der Waals surface area contributed by atoms with E-state index in [4.69, 9.17) is 40.6 Å². The van der Waals surface area contributed by atoms with Gasteiger partial charge in [-0.05, 0) is 98.4 Å². The number of β-amino-alcohol motifs (C(OH)–C–C–N with tert-alkyl or cyclic N) is 1. The van der Waals surface area contributed by atoms with Crippen LogP contribution in [0.25, 0.3) is 10.4 Å². The number of amides is 4. The largest absolute Gasteiger partial charge is 0.491 e. The zero-order valence-electron chi connectivity index (χ0n) is 44.0. The van der Waals surface area contributed by atoms with E-state index in [1.54, 1.807) is 65.9 Å². The third-order valence-electron chi connectivity index (χ3n) is 12.6. The van der Waals surface area contributed by atoms with Crippen LogP contribution >= 0.6 is 23.6 Å². The number of hydrogen-bond acceptors (Lipinski definition) is 15. The van der Waals surface area contributed by atoms with Gasteiger partial charge in [0.05, 0.1) is 91.3 Å². The van der Waals surface area contributed by atoms with Crippen LogP contribution < -0.4 is 25.2 Å². The van der Waals surface area contributed by atoms with Crippen LogP contribution in [0.4, 0.5) is 24.5 Å². The number of carbonyl (C=O) groups excluding carboxylic acids is 4. The first-order valence-electron chi connectivity index (χ1n) is 25.1. The van der Waals surface area contributed by atoms with Gasteiger partial charge in [0.2, 0.25) is 17.7 Å². The number of nitrogens with zero attached hydrogens (tertiary/aromatic N) is 5. The van der Waals surface area contributed by atoms with Crippen molar-refractivity contribution in [2.45, 2.75) is 90.8 Å². The topological polar surface area (TPSA) is 214 Å². The number of aromatic nitrogens is 1. The lowest BCUT2D eigenvalue weighted by atomic mass is 9.85. The lowest BCUT2D eigenvalue weighted by molar-refractivity contribution is -0.144. The number of nitrogens with one attached hydrogen (secondary N) is 2. The molecule has 0 bridgehead atoms. The fourth-order valence-corrected chi connectivity index (χ4v) is 9.88. The van der Waals surface area contributed by atoms with E-state index in [2.05, 4.69) is 15.6 Å². The molecule has 0 spiro atoms. The summed E-state index contributed by atoms with van der Waals surface area (Å²) in [5.41, 5.74) is 1.45. The molecule has 6 rings (SSSR count). The summed E-state index contributed by atoms with van der Waals surface area (Å²) in [6, 6.07) is 17.3. The van der Waals surface area contributed by atoms with Crippen LogP contribution in [0.2, 0.25) is 0 Å². The van der Waals surface area contributed by atoms with E-state index in [0.29, 0.717) is 64.1 Å². The van der Waals surface area contributed by atoms with E-state index in [0.717, 1.165) is 38.7 Å². The molecular weight excluding hydrogens is 1040 g/mol. The number of rotatable bonds is 27. The minimum absolute atomic E-state index is 0.01000. The number of aryl methyl sites for hydroxylation is 1. The second-order valence-corrected chi connectivity index (χ2v) is 21.0. The van der Waals surface area contributed by atoms with Crippen molar-refractivity contribution in [2.24, 2.45) is 5.41 Å². The van der Waals surface area contributed by atoms with Crippen molar-refractivity contribution in [1.29, 1.82) is 5.26 Å². The van der Waals surface area contributed by atoms with Crippen molar-refractivity contribution in [3.8, 4) is 22.3 Å². The highest BCUT2D eigenvalue weighted by Crippen LogP contribution is 2.40. The molecule has 2 aliphatic rings. The Hall–Kier alpha value is -6.10. The first-order valence-corrected chi connectivity index (χ1v) is 26.4. The van der Waals surface area contributed by atoms with E-state index in [-0.39, 0.29) is 62.6 Å². The smallest absolute Gasteiger partial charge is 0.417 e. The Morgan fingerprint density at radius 2 is 1.48 bits per heavy atom. The maximum Gasteiger partial charge on any atom is 0.417 e. The van der Waals surface area contributed by atoms with Gasteiger partial charge in [-0.15, -0.1) is 11.3 Å². The lowest BCUT2D eigenvalue weighted by Gasteiger charge is -2.35.